The van der Waals surface area contributed by atoms with Crippen LogP contribution < -0.4 is 0 Å². The van der Waals surface area contributed by atoms with E-state index in [1.807, 2.05) is 6.08 Å². The maximum Gasteiger partial charge on any atom is 0.192 e. The van der Waals surface area contributed by atoms with E-state index in [4.69, 9.17) is 11.0 Å². The molecule has 16 heavy (non-hydrogen) atoms. The number of nitrogens with zero attached hydrogens (tertiary/aromatic N) is 1. The lowest BCUT2D eigenvalue weighted by molar-refractivity contribution is 0.206. The smallest absolute Gasteiger partial charge is 0.192 e. The Bertz CT molecular complexity index is 320. The highest BCUT2D eigenvalue weighted by Crippen LogP contribution is 2.38. The molecule has 0 aromatic carbocycles. The van der Waals surface area contributed by atoms with Crippen LogP contribution in [0.1, 0.15) is 40.0 Å². The average molecular weight is 237 g/mol. The van der Waals surface area contributed by atoms with E-state index >= 15 is 0 Å². The predicted molar refractivity (Wildman–Crippen MR) is 70.6 cm³/mol. The molecule has 0 heterocycles. The molecule has 0 aliphatic heterocycles. The maximum atomic E-state index is 7.05. The first kappa shape index (κ1) is 13.5. The van der Waals surface area contributed by atoms with Gasteiger partial charge in [-0.15, -0.1) is 0 Å². The molecular formula is C13H23NOSi. The minimum Gasteiger partial charge on any atom is -0.412 e. The van der Waals surface area contributed by atoms with E-state index in [-0.39, 0.29) is 11.1 Å². The summed E-state index contributed by atoms with van der Waals surface area (Å²) in [6.45, 7) is 18.3. The van der Waals surface area contributed by atoms with Gasteiger partial charge in [0.25, 0.3) is 0 Å². The molecular weight excluding hydrogens is 214 g/mol. The van der Waals surface area contributed by atoms with Crippen LogP contribution in [0, 0.1) is 6.57 Å². The van der Waals surface area contributed by atoms with E-state index in [0.717, 1.165) is 25.0 Å². The van der Waals surface area contributed by atoms with Gasteiger partial charge in [-0.05, 0) is 31.0 Å². The van der Waals surface area contributed by atoms with Gasteiger partial charge in [0, 0.05) is 0 Å². The molecule has 3 heteroatoms. The van der Waals surface area contributed by atoms with E-state index in [0.29, 0.717) is 0 Å². The summed E-state index contributed by atoms with van der Waals surface area (Å²) in [7, 11) is -1.68. The largest absolute Gasteiger partial charge is 0.412 e. The predicted octanol–water partition coefficient (Wildman–Crippen LogP) is 4.36. The van der Waals surface area contributed by atoms with Gasteiger partial charge in [0.15, 0.2) is 14.0 Å². The molecule has 1 aliphatic rings. The third-order valence-corrected chi connectivity index (χ3v) is 8.20. The molecule has 1 atom stereocenters. The van der Waals surface area contributed by atoms with Crippen molar-refractivity contribution in [2.45, 2.75) is 64.3 Å². The number of allylic oxidation sites excluding steroid dienone is 1. The second kappa shape index (κ2) is 4.73. The van der Waals surface area contributed by atoms with E-state index in [1.54, 1.807) is 0 Å². The third kappa shape index (κ3) is 3.20. The summed E-state index contributed by atoms with van der Waals surface area (Å²) in [5, 5.41) is 0.247. The van der Waals surface area contributed by atoms with Crippen LogP contribution in [0.3, 0.4) is 0 Å². The summed E-state index contributed by atoms with van der Waals surface area (Å²) < 4.78 is 6.29. The Labute approximate surface area is 101 Å². The van der Waals surface area contributed by atoms with Crippen molar-refractivity contribution in [1.82, 2.24) is 0 Å². The van der Waals surface area contributed by atoms with Crippen LogP contribution in [0.4, 0.5) is 0 Å². The molecule has 1 aliphatic carbocycles. The standard InChI is InChI=1S/C13H23NOSi/c1-13(2,3)16(5,6)15-12-9-7-8-11(10-12)14-4/h10,12H,7-9H2,1-3,5-6H3. The van der Waals surface area contributed by atoms with Gasteiger partial charge in [0.2, 0.25) is 0 Å². The minimum atomic E-state index is -1.68. The molecule has 0 aromatic rings. The number of hydrogen-bond donors (Lipinski definition) is 0. The highest BCUT2D eigenvalue weighted by molar-refractivity contribution is 6.74. The Morgan fingerprint density at radius 3 is 2.56 bits per heavy atom. The molecule has 0 bridgehead atoms. The summed E-state index contributed by atoms with van der Waals surface area (Å²) in [4.78, 5) is 3.54. The zero-order chi connectivity index (χ0) is 12.4. The van der Waals surface area contributed by atoms with Crippen molar-refractivity contribution >= 4 is 8.32 Å². The average Bonchev–Trinajstić information content (AvgIpc) is 2.15. The van der Waals surface area contributed by atoms with E-state index in [9.17, 15) is 0 Å². The Hall–Kier alpha value is -0.593. The van der Waals surface area contributed by atoms with Crippen LogP contribution >= 0.6 is 0 Å². The molecule has 0 saturated heterocycles. The van der Waals surface area contributed by atoms with Crippen LogP contribution in [-0.2, 0) is 4.43 Å². The summed E-state index contributed by atoms with van der Waals surface area (Å²) in [6.07, 6.45) is 5.32. The molecule has 90 valence electrons. The van der Waals surface area contributed by atoms with Gasteiger partial charge < -0.3 is 4.43 Å². The molecule has 0 radical (unpaired) electrons. The normalized spacial score (nSPS) is 22.5. The van der Waals surface area contributed by atoms with Crippen molar-refractivity contribution in [3.8, 4) is 0 Å². The van der Waals surface area contributed by atoms with Gasteiger partial charge >= 0.3 is 0 Å². The summed E-state index contributed by atoms with van der Waals surface area (Å²) in [6, 6.07) is 0. The lowest BCUT2D eigenvalue weighted by atomic mass is 10.0. The first-order chi connectivity index (χ1) is 7.26. The van der Waals surface area contributed by atoms with Crippen molar-refractivity contribution in [1.29, 1.82) is 0 Å². The molecule has 0 aromatic heterocycles. The Morgan fingerprint density at radius 2 is 2.06 bits per heavy atom. The quantitative estimate of drug-likeness (QED) is 0.514. The van der Waals surface area contributed by atoms with Crippen LogP contribution in [0.2, 0.25) is 18.1 Å². The lowest BCUT2D eigenvalue weighted by Crippen LogP contribution is -2.43. The fraction of sp³-hybridized carbons (Fsp3) is 0.769. The highest BCUT2D eigenvalue weighted by Gasteiger charge is 2.39. The van der Waals surface area contributed by atoms with Crippen molar-refractivity contribution in [2.24, 2.45) is 0 Å². The lowest BCUT2D eigenvalue weighted by Gasteiger charge is -2.39. The van der Waals surface area contributed by atoms with Crippen molar-refractivity contribution < 1.29 is 4.43 Å². The van der Waals surface area contributed by atoms with Gasteiger partial charge in [0.1, 0.15) is 0 Å². The molecule has 1 unspecified atom stereocenters. The number of hydrogen-bond acceptors (Lipinski definition) is 1. The Balaban J connectivity index is 2.72. The fourth-order valence-corrected chi connectivity index (χ4v) is 2.90. The summed E-state index contributed by atoms with van der Waals surface area (Å²) >= 11 is 0. The molecule has 0 spiro atoms. The monoisotopic (exact) mass is 237 g/mol. The molecule has 0 saturated carbocycles. The Kier molecular flexibility index (Phi) is 3.98. The SMILES string of the molecule is [C-]#[N+]C1=CC(O[Si](C)(C)C(C)(C)C)CCC1. The van der Waals surface area contributed by atoms with Gasteiger partial charge in [-0.1, -0.05) is 33.3 Å². The summed E-state index contributed by atoms with van der Waals surface area (Å²) in [5.41, 5.74) is 0.884. The molecule has 0 N–H and O–H groups in total. The Morgan fingerprint density at radius 1 is 1.44 bits per heavy atom. The summed E-state index contributed by atoms with van der Waals surface area (Å²) in [5.74, 6) is 0. The van der Waals surface area contributed by atoms with Crippen LogP contribution in [0.25, 0.3) is 4.85 Å². The highest BCUT2D eigenvalue weighted by atomic mass is 28.4. The second-order valence-electron chi connectivity index (χ2n) is 6.08. The van der Waals surface area contributed by atoms with Crippen molar-refractivity contribution in [3.05, 3.63) is 23.2 Å². The molecule has 1 rings (SSSR count). The fourth-order valence-electron chi connectivity index (χ4n) is 1.61. The van der Waals surface area contributed by atoms with E-state index < -0.39 is 8.32 Å². The van der Waals surface area contributed by atoms with Crippen molar-refractivity contribution in [2.75, 3.05) is 0 Å². The van der Waals surface area contributed by atoms with Gasteiger partial charge in [0.05, 0.1) is 12.7 Å². The van der Waals surface area contributed by atoms with E-state index in [1.165, 1.54) is 0 Å². The first-order valence-electron chi connectivity index (χ1n) is 6.02. The van der Waals surface area contributed by atoms with Gasteiger partial charge in [-0.3, -0.25) is 0 Å². The van der Waals surface area contributed by atoms with Gasteiger partial charge in [-0.2, -0.15) is 0 Å². The molecule has 0 fully saturated rings. The topological polar surface area (TPSA) is 13.6 Å². The van der Waals surface area contributed by atoms with Crippen molar-refractivity contribution in [3.63, 3.8) is 0 Å². The van der Waals surface area contributed by atoms with Crippen LogP contribution in [0.5, 0.6) is 0 Å². The zero-order valence-electron chi connectivity index (χ0n) is 11.1. The van der Waals surface area contributed by atoms with Crippen LogP contribution in [0.15, 0.2) is 11.8 Å². The third-order valence-electron chi connectivity index (χ3n) is 3.70. The molecule has 2 nitrogen and oxygen atoms in total. The van der Waals surface area contributed by atoms with Gasteiger partial charge in [-0.25, -0.2) is 4.85 Å². The number of rotatable bonds is 2. The molecule has 0 amide bonds. The maximum absolute atomic E-state index is 7.05. The minimum absolute atomic E-state index is 0.179. The first-order valence-corrected chi connectivity index (χ1v) is 8.93. The van der Waals surface area contributed by atoms with Crippen LogP contribution in [-0.4, -0.2) is 14.4 Å². The van der Waals surface area contributed by atoms with E-state index in [2.05, 4.69) is 38.7 Å². The second-order valence-corrected chi connectivity index (χ2v) is 10.8. The zero-order valence-corrected chi connectivity index (χ0v) is 12.1.